The van der Waals surface area contributed by atoms with Crippen molar-refractivity contribution in [2.75, 3.05) is 31.7 Å². The van der Waals surface area contributed by atoms with Gasteiger partial charge in [-0.05, 0) is 27.7 Å². The van der Waals surface area contributed by atoms with Gasteiger partial charge in [-0.3, -0.25) is 4.40 Å². The normalized spacial score (nSPS) is 12.2. The predicted octanol–water partition coefficient (Wildman–Crippen LogP) is 2.76. The molecular weight excluding hydrogens is 284 g/mol. The van der Waals surface area contributed by atoms with Crippen molar-refractivity contribution >= 4 is 22.1 Å². The number of hydrogen-bond donors (Lipinski definition) is 1. The molecule has 1 N–H and O–H groups in total. The molecular formula is C15H26N4OS. The van der Waals surface area contributed by atoms with Gasteiger partial charge in [0.15, 0.2) is 10.8 Å². The van der Waals surface area contributed by atoms with E-state index in [1.807, 2.05) is 0 Å². The van der Waals surface area contributed by atoms with E-state index in [1.165, 1.54) is 5.69 Å². The molecule has 6 heteroatoms. The van der Waals surface area contributed by atoms with Crippen molar-refractivity contribution < 1.29 is 4.74 Å². The summed E-state index contributed by atoms with van der Waals surface area (Å²) in [6, 6.07) is 0. The second-order valence-electron chi connectivity index (χ2n) is 6.11. The highest BCUT2D eigenvalue weighted by Crippen LogP contribution is 2.25. The third kappa shape index (κ3) is 3.96. The van der Waals surface area contributed by atoms with Crippen LogP contribution in [0.4, 0.5) is 5.82 Å². The van der Waals surface area contributed by atoms with E-state index >= 15 is 0 Å². The van der Waals surface area contributed by atoms with Gasteiger partial charge in [0.25, 0.3) is 0 Å². The number of nitrogens with one attached hydrogen (secondary N) is 1. The molecule has 0 aliphatic rings. The quantitative estimate of drug-likeness (QED) is 0.854. The number of ether oxygens (including phenoxy) is 1. The van der Waals surface area contributed by atoms with Gasteiger partial charge in [-0.25, -0.2) is 4.98 Å². The lowest BCUT2D eigenvalue weighted by molar-refractivity contribution is 0.205. The van der Waals surface area contributed by atoms with Crippen LogP contribution in [0.25, 0.3) is 4.96 Å². The minimum atomic E-state index is 0.0843. The summed E-state index contributed by atoms with van der Waals surface area (Å²) in [5.74, 6) is 1.07. The minimum absolute atomic E-state index is 0.0843. The Kier molecular flexibility index (Phi) is 5.24. The molecule has 2 aromatic heterocycles. The topological polar surface area (TPSA) is 41.8 Å². The molecule has 118 valence electrons. The van der Waals surface area contributed by atoms with Gasteiger partial charge in [0.05, 0.1) is 12.3 Å². The van der Waals surface area contributed by atoms with E-state index in [0.29, 0.717) is 6.61 Å². The van der Waals surface area contributed by atoms with Crippen LogP contribution in [0.15, 0.2) is 11.6 Å². The molecule has 2 aromatic rings. The molecule has 0 bridgehead atoms. The highest BCUT2D eigenvalue weighted by atomic mass is 32.1. The third-order valence-corrected chi connectivity index (χ3v) is 4.13. The molecule has 0 fully saturated rings. The van der Waals surface area contributed by atoms with Crippen molar-refractivity contribution in [3.05, 3.63) is 17.3 Å². The van der Waals surface area contributed by atoms with Gasteiger partial charge in [0, 0.05) is 43.9 Å². The van der Waals surface area contributed by atoms with Crippen LogP contribution in [0.2, 0.25) is 0 Å². The van der Waals surface area contributed by atoms with Crippen molar-refractivity contribution in [3.63, 3.8) is 0 Å². The smallest absolute Gasteiger partial charge is 0.195 e. The molecule has 2 rings (SSSR count). The summed E-state index contributed by atoms with van der Waals surface area (Å²) in [4.78, 5) is 8.14. The van der Waals surface area contributed by atoms with Gasteiger partial charge >= 0.3 is 0 Å². The molecule has 0 radical (unpaired) electrons. The Morgan fingerprint density at radius 2 is 2.19 bits per heavy atom. The van der Waals surface area contributed by atoms with E-state index in [2.05, 4.69) is 53.9 Å². The second-order valence-corrected chi connectivity index (χ2v) is 6.99. The summed E-state index contributed by atoms with van der Waals surface area (Å²) in [5.41, 5.74) is 1.31. The maximum Gasteiger partial charge on any atom is 0.195 e. The summed E-state index contributed by atoms with van der Waals surface area (Å²) in [7, 11) is 1.74. The number of rotatable bonds is 7. The summed E-state index contributed by atoms with van der Waals surface area (Å²) < 4.78 is 7.40. The molecule has 0 aliphatic heterocycles. The Balaban J connectivity index is 2.30. The number of aromatic nitrogens is 2. The van der Waals surface area contributed by atoms with Gasteiger partial charge in [0.2, 0.25) is 0 Å². The number of fused-ring (bicyclic) bond motifs is 1. The zero-order valence-corrected chi connectivity index (χ0v) is 14.5. The van der Waals surface area contributed by atoms with Gasteiger partial charge in [0.1, 0.15) is 0 Å². The van der Waals surface area contributed by atoms with Crippen LogP contribution in [0.5, 0.6) is 0 Å². The van der Waals surface area contributed by atoms with Crippen LogP contribution in [0.1, 0.15) is 33.4 Å². The van der Waals surface area contributed by atoms with Crippen LogP contribution in [-0.2, 0) is 11.3 Å². The Bertz CT molecular complexity index is 570. The van der Waals surface area contributed by atoms with Crippen molar-refractivity contribution in [3.8, 4) is 0 Å². The molecule has 0 amide bonds. The predicted molar refractivity (Wildman–Crippen MR) is 89.4 cm³/mol. The van der Waals surface area contributed by atoms with Crippen LogP contribution >= 0.6 is 11.3 Å². The van der Waals surface area contributed by atoms with Crippen LogP contribution in [0.3, 0.4) is 0 Å². The van der Waals surface area contributed by atoms with E-state index in [0.717, 1.165) is 30.4 Å². The lowest BCUT2D eigenvalue weighted by Crippen LogP contribution is -2.36. The first kappa shape index (κ1) is 16.3. The highest BCUT2D eigenvalue weighted by Gasteiger charge is 2.19. The molecule has 2 heterocycles. The molecule has 0 unspecified atom stereocenters. The Labute approximate surface area is 130 Å². The minimum Gasteiger partial charge on any atom is -0.383 e. The molecule has 5 nitrogen and oxygen atoms in total. The van der Waals surface area contributed by atoms with E-state index in [4.69, 9.17) is 9.72 Å². The lowest BCUT2D eigenvalue weighted by Gasteiger charge is -2.24. The standard InChI is InChI=1S/C15H26N4OS/c1-6-18(7-9-20-5)13-12(11-16-15(2,3)4)19-8-10-21-14(19)17-13/h8,10,16H,6-7,9,11H2,1-5H3. The molecule has 0 aromatic carbocycles. The number of methoxy groups -OCH3 is 1. The average molecular weight is 310 g/mol. The van der Waals surface area contributed by atoms with E-state index in [9.17, 15) is 0 Å². The summed E-state index contributed by atoms with van der Waals surface area (Å²) in [5, 5.41) is 5.65. The second kappa shape index (κ2) is 6.77. The van der Waals surface area contributed by atoms with E-state index in [-0.39, 0.29) is 5.54 Å². The van der Waals surface area contributed by atoms with E-state index < -0.39 is 0 Å². The fourth-order valence-corrected chi connectivity index (χ4v) is 2.93. The van der Waals surface area contributed by atoms with Crippen molar-refractivity contribution in [2.45, 2.75) is 39.8 Å². The van der Waals surface area contributed by atoms with Crippen LogP contribution in [0, 0.1) is 0 Å². The van der Waals surface area contributed by atoms with Crippen LogP contribution in [-0.4, -0.2) is 41.7 Å². The average Bonchev–Trinajstić information content (AvgIpc) is 2.97. The molecule has 21 heavy (non-hydrogen) atoms. The summed E-state index contributed by atoms with van der Waals surface area (Å²) in [6.07, 6.45) is 2.10. The van der Waals surface area contributed by atoms with Gasteiger partial charge < -0.3 is 15.0 Å². The first-order chi connectivity index (χ1) is 9.96. The maximum atomic E-state index is 5.22. The molecule has 0 aliphatic carbocycles. The zero-order chi connectivity index (χ0) is 15.5. The Hall–Kier alpha value is -1.11. The monoisotopic (exact) mass is 310 g/mol. The first-order valence-corrected chi connectivity index (χ1v) is 8.27. The number of hydrogen-bond acceptors (Lipinski definition) is 5. The van der Waals surface area contributed by atoms with Gasteiger partial charge in [-0.1, -0.05) is 0 Å². The summed E-state index contributed by atoms with van der Waals surface area (Å²) >= 11 is 1.67. The number of anilines is 1. The van der Waals surface area contributed by atoms with Gasteiger partial charge in [-0.2, -0.15) is 0 Å². The third-order valence-electron chi connectivity index (χ3n) is 3.37. The molecule has 0 spiro atoms. The molecule has 0 atom stereocenters. The first-order valence-electron chi connectivity index (χ1n) is 7.39. The fourth-order valence-electron chi connectivity index (χ4n) is 2.20. The largest absolute Gasteiger partial charge is 0.383 e. The van der Waals surface area contributed by atoms with Crippen LogP contribution < -0.4 is 10.2 Å². The van der Waals surface area contributed by atoms with Gasteiger partial charge in [-0.15, -0.1) is 11.3 Å². The van der Waals surface area contributed by atoms with Crippen molar-refractivity contribution in [1.29, 1.82) is 0 Å². The van der Waals surface area contributed by atoms with E-state index in [1.54, 1.807) is 18.4 Å². The van der Waals surface area contributed by atoms with Crippen molar-refractivity contribution in [2.24, 2.45) is 0 Å². The molecule has 0 saturated heterocycles. The lowest BCUT2D eigenvalue weighted by atomic mass is 10.1. The highest BCUT2D eigenvalue weighted by molar-refractivity contribution is 7.15. The maximum absolute atomic E-state index is 5.22. The summed E-state index contributed by atoms with van der Waals surface area (Å²) in [6.45, 7) is 12.0. The number of imidazole rings is 1. The number of thiazole rings is 1. The zero-order valence-electron chi connectivity index (χ0n) is 13.6. The SMILES string of the molecule is CCN(CCOC)c1nc2sccn2c1CNC(C)(C)C. The Morgan fingerprint density at radius 3 is 2.81 bits per heavy atom. The van der Waals surface area contributed by atoms with Crippen molar-refractivity contribution in [1.82, 2.24) is 14.7 Å². The Morgan fingerprint density at radius 1 is 1.43 bits per heavy atom. The number of likely N-dealkylation sites (N-methyl/N-ethyl adjacent to an activating group) is 1. The number of nitrogens with zero attached hydrogens (tertiary/aromatic N) is 3. The fraction of sp³-hybridized carbons (Fsp3) is 0.667. The molecule has 0 saturated carbocycles.